The Labute approximate surface area is 115 Å². The number of nitro groups is 1. The molecular formula is C13H15N3O2S. The van der Waals surface area contributed by atoms with Gasteiger partial charge in [0.1, 0.15) is 5.69 Å². The molecule has 0 bridgehead atoms. The summed E-state index contributed by atoms with van der Waals surface area (Å²) in [7, 11) is 0. The molecule has 0 saturated carbocycles. The molecule has 1 atom stereocenters. The number of benzene rings is 1. The highest BCUT2D eigenvalue weighted by Gasteiger charge is 2.16. The van der Waals surface area contributed by atoms with E-state index in [0.717, 1.165) is 10.6 Å². The van der Waals surface area contributed by atoms with Crippen LogP contribution in [0.3, 0.4) is 0 Å². The Morgan fingerprint density at radius 3 is 2.95 bits per heavy atom. The largest absolute Gasteiger partial charge is 0.379 e. The lowest BCUT2D eigenvalue weighted by Gasteiger charge is -2.13. The smallest absolute Gasteiger partial charge is 0.292 e. The van der Waals surface area contributed by atoms with Crippen LogP contribution in [0.2, 0.25) is 0 Å². The van der Waals surface area contributed by atoms with Crippen molar-refractivity contribution in [1.82, 2.24) is 4.98 Å². The molecule has 1 unspecified atom stereocenters. The highest BCUT2D eigenvalue weighted by molar-refractivity contribution is 7.09. The Morgan fingerprint density at radius 2 is 2.32 bits per heavy atom. The van der Waals surface area contributed by atoms with Gasteiger partial charge in [-0.2, -0.15) is 0 Å². The number of nitro benzene ring substituents is 1. The van der Waals surface area contributed by atoms with Crippen LogP contribution in [-0.4, -0.2) is 16.5 Å². The van der Waals surface area contributed by atoms with Gasteiger partial charge in [0.2, 0.25) is 0 Å². The number of aryl methyl sites for hydroxylation is 1. The summed E-state index contributed by atoms with van der Waals surface area (Å²) in [5.74, 6) is 0.221. The van der Waals surface area contributed by atoms with Gasteiger partial charge in [-0.05, 0) is 12.5 Å². The molecule has 0 saturated heterocycles. The van der Waals surface area contributed by atoms with Crippen LogP contribution in [0.25, 0.3) is 0 Å². The summed E-state index contributed by atoms with van der Waals surface area (Å²) < 4.78 is 0. The van der Waals surface area contributed by atoms with Crippen LogP contribution >= 0.6 is 11.3 Å². The molecule has 1 aromatic carbocycles. The van der Waals surface area contributed by atoms with Crippen LogP contribution in [0.1, 0.15) is 23.4 Å². The zero-order valence-corrected chi connectivity index (χ0v) is 11.6. The highest BCUT2D eigenvalue weighted by atomic mass is 32.1. The third-order valence-electron chi connectivity index (χ3n) is 2.91. The number of hydrogen-bond donors (Lipinski definition) is 1. The van der Waals surface area contributed by atoms with Crippen molar-refractivity contribution < 1.29 is 4.92 Å². The maximum absolute atomic E-state index is 11.0. The van der Waals surface area contributed by atoms with Gasteiger partial charge in [-0.15, -0.1) is 11.3 Å². The van der Waals surface area contributed by atoms with E-state index in [1.54, 1.807) is 23.6 Å². The summed E-state index contributed by atoms with van der Waals surface area (Å²) in [6.45, 7) is 4.54. The van der Waals surface area contributed by atoms with Crippen molar-refractivity contribution in [2.45, 2.75) is 19.8 Å². The Bertz CT molecular complexity index is 569. The van der Waals surface area contributed by atoms with Gasteiger partial charge in [-0.1, -0.05) is 19.1 Å². The van der Waals surface area contributed by atoms with Crippen LogP contribution in [0.4, 0.5) is 11.4 Å². The van der Waals surface area contributed by atoms with Gasteiger partial charge in [0, 0.05) is 30.1 Å². The van der Waals surface area contributed by atoms with Crippen LogP contribution < -0.4 is 5.32 Å². The molecule has 2 aromatic rings. The predicted octanol–water partition coefficient (Wildman–Crippen LogP) is 3.58. The molecule has 0 aliphatic carbocycles. The van der Waals surface area contributed by atoms with Gasteiger partial charge in [0.15, 0.2) is 0 Å². The van der Waals surface area contributed by atoms with Crippen molar-refractivity contribution in [3.63, 3.8) is 0 Å². The summed E-state index contributed by atoms with van der Waals surface area (Å²) >= 11 is 1.60. The molecule has 5 nitrogen and oxygen atoms in total. The van der Waals surface area contributed by atoms with Gasteiger partial charge in [-0.3, -0.25) is 10.1 Å². The van der Waals surface area contributed by atoms with Crippen molar-refractivity contribution in [3.05, 3.63) is 50.5 Å². The van der Waals surface area contributed by atoms with Crippen molar-refractivity contribution in [1.29, 1.82) is 0 Å². The minimum Gasteiger partial charge on any atom is -0.379 e. The first-order valence-corrected chi connectivity index (χ1v) is 6.85. The van der Waals surface area contributed by atoms with E-state index in [1.165, 1.54) is 6.07 Å². The van der Waals surface area contributed by atoms with E-state index in [-0.39, 0.29) is 16.5 Å². The average Bonchev–Trinajstić information content (AvgIpc) is 2.90. The van der Waals surface area contributed by atoms with E-state index in [0.29, 0.717) is 12.2 Å². The molecule has 0 spiro atoms. The first-order valence-electron chi connectivity index (χ1n) is 5.97. The molecule has 0 radical (unpaired) electrons. The van der Waals surface area contributed by atoms with Gasteiger partial charge < -0.3 is 5.32 Å². The second-order valence-electron chi connectivity index (χ2n) is 4.38. The number of nitrogens with zero attached hydrogens (tertiary/aromatic N) is 2. The van der Waals surface area contributed by atoms with Crippen LogP contribution in [0, 0.1) is 17.0 Å². The maximum Gasteiger partial charge on any atom is 0.292 e. The van der Waals surface area contributed by atoms with E-state index in [9.17, 15) is 10.1 Å². The van der Waals surface area contributed by atoms with Crippen LogP contribution in [-0.2, 0) is 0 Å². The molecule has 0 amide bonds. The quantitative estimate of drug-likeness (QED) is 0.670. The number of para-hydroxylation sites is 1. The Hall–Kier alpha value is -1.95. The summed E-state index contributed by atoms with van der Waals surface area (Å²) in [5.41, 5.74) is 1.59. The van der Waals surface area contributed by atoms with E-state index in [2.05, 4.69) is 17.2 Å². The van der Waals surface area contributed by atoms with Crippen molar-refractivity contribution in [2.24, 2.45) is 0 Å². The molecule has 2 rings (SSSR count). The summed E-state index contributed by atoms with van der Waals surface area (Å²) in [4.78, 5) is 14.9. The SMILES string of the molecule is Cc1cccc([N+](=O)[O-])c1NCC(C)c1nccs1. The van der Waals surface area contributed by atoms with Crippen molar-refractivity contribution >= 4 is 22.7 Å². The summed E-state index contributed by atoms with van der Waals surface area (Å²) in [6, 6.07) is 5.08. The van der Waals surface area contributed by atoms with E-state index in [1.807, 2.05) is 18.4 Å². The van der Waals surface area contributed by atoms with E-state index < -0.39 is 0 Å². The molecule has 6 heteroatoms. The number of aromatic nitrogens is 1. The lowest BCUT2D eigenvalue weighted by Crippen LogP contribution is -2.11. The first-order chi connectivity index (χ1) is 9.09. The number of nitrogens with one attached hydrogen (secondary N) is 1. The number of thiazole rings is 1. The zero-order valence-electron chi connectivity index (χ0n) is 10.8. The fraction of sp³-hybridized carbons (Fsp3) is 0.308. The maximum atomic E-state index is 11.0. The lowest BCUT2D eigenvalue weighted by atomic mass is 10.1. The molecule has 1 aromatic heterocycles. The highest BCUT2D eigenvalue weighted by Crippen LogP contribution is 2.28. The number of hydrogen-bond acceptors (Lipinski definition) is 5. The standard InChI is InChI=1S/C13H15N3O2S/c1-9-4-3-5-11(16(17)18)12(9)15-8-10(2)13-14-6-7-19-13/h3-7,10,15H,8H2,1-2H3. The van der Waals surface area contributed by atoms with Crippen LogP contribution in [0.15, 0.2) is 29.8 Å². The normalized spacial score (nSPS) is 12.1. The van der Waals surface area contributed by atoms with E-state index in [4.69, 9.17) is 0 Å². The predicted molar refractivity (Wildman–Crippen MR) is 76.9 cm³/mol. The number of rotatable bonds is 5. The zero-order chi connectivity index (χ0) is 13.8. The topological polar surface area (TPSA) is 68.1 Å². The van der Waals surface area contributed by atoms with Crippen molar-refractivity contribution in [2.75, 3.05) is 11.9 Å². The Balaban J connectivity index is 2.13. The summed E-state index contributed by atoms with van der Waals surface area (Å²) in [5, 5.41) is 17.1. The average molecular weight is 277 g/mol. The van der Waals surface area contributed by atoms with Gasteiger partial charge >= 0.3 is 0 Å². The van der Waals surface area contributed by atoms with Crippen LogP contribution in [0.5, 0.6) is 0 Å². The fourth-order valence-corrected chi connectivity index (χ4v) is 2.55. The second kappa shape index (κ2) is 5.79. The first kappa shape index (κ1) is 13.5. The molecule has 1 heterocycles. The Morgan fingerprint density at radius 1 is 1.53 bits per heavy atom. The van der Waals surface area contributed by atoms with Crippen molar-refractivity contribution in [3.8, 4) is 0 Å². The third-order valence-corrected chi connectivity index (χ3v) is 3.91. The Kier molecular flexibility index (Phi) is 4.11. The third kappa shape index (κ3) is 3.08. The van der Waals surface area contributed by atoms with Gasteiger partial charge in [0.25, 0.3) is 5.69 Å². The molecule has 19 heavy (non-hydrogen) atoms. The molecule has 0 fully saturated rings. The van der Waals surface area contributed by atoms with E-state index >= 15 is 0 Å². The molecule has 100 valence electrons. The monoisotopic (exact) mass is 277 g/mol. The minimum atomic E-state index is -0.358. The second-order valence-corrected chi connectivity index (χ2v) is 5.30. The molecule has 0 aliphatic rings. The van der Waals surface area contributed by atoms with Gasteiger partial charge in [-0.25, -0.2) is 4.98 Å². The minimum absolute atomic E-state index is 0.117. The molecule has 1 N–H and O–H groups in total. The summed E-state index contributed by atoms with van der Waals surface area (Å²) in [6.07, 6.45) is 1.77. The molecule has 0 aliphatic heterocycles. The molecular weight excluding hydrogens is 262 g/mol. The fourth-order valence-electron chi connectivity index (χ4n) is 1.85. The van der Waals surface area contributed by atoms with Gasteiger partial charge in [0.05, 0.1) is 9.93 Å². The number of anilines is 1. The lowest BCUT2D eigenvalue weighted by molar-refractivity contribution is -0.384.